The SMILES string of the molecule is Cc1sc(C2CC(=O)c3ccc(Br)cc3O2)cc1Br. The molecule has 0 fully saturated rings. The van der Waals surface area contributed by atoms with Gasteiger partial charge in [-0.1, -0.05) is 15.9 Å². The molecule has 5 heteroatoms. The van der Waals surface area contributed by atoms with Crippen molar-refractivity contribution in [1.29, 1.82) is 0 Å². The van der Waals surface area contributed by atoms with Crippen molar-refractivity contribution < 1.29 is 9.53 Å². The minimum absolute atomic E-state index is 0.140. The van der Waals surface area contributed by atoms with Gasteiger partial charge in [0.05, 0.1) is 12.0 Å². The summed E-state index contributed by atoms with van der Waals surface area (Å²) in [7, 11) is 0. The molecule has 0 radical (unpaired) electrons. The number of benzene rings is 1. The minimum atomic E-state index is -0.177. The van der Waals surface area contributed by atoms with Gasteiger partial charge < -0.3 is 4.74 Å². The lowest BCUT2D eigenvalue weighted by molar-refractivity contribution is 0.0854. The Balaban J connectivity index is 1.98. The molecule has 0 aliphatic carbocycles. The van der Waals surface area contributed by atoms with Crippen molar-refractivity contribution in [2.75, 3.05) is 0 Å². The van der Waals surface area contributed by atoms with Crippen LogP contribution in [0.15, 0.2) is 33.2 Å². The lowest BCUT2D eigenvalue weighted by Gasteiger charge is -2.24. The number of rotatable bonds is 1. The van der Waals surface area contributed by atoms with E-state index in [1.807, 2.05) is 31.2 Å². The van der Waals surface area contributed by atoms with Gasteiger partial charge >= 0.3 is 0 Å². The highest BCUT2D eigenvalue weighted by atomic mass is 79.9. The van der Waals surface area contributed by atoms with E-state index in [1.165, 1.54) is 4.88 Å². The van der Waals surface area contributed by atoms with Crippen LogP contribution < -0.4 is 4.74 Å². The first-order valence-corrected chi connectivity index (χ1v) is 8.20. The topological polar surface area (TPSA) is 26.3 Å². The quantitative estimate of drug-likeness (QED) is 0.648. The molecule has 2 heterocycles. The van der Waals surface area contributed by atoms with E-state index in [-0.39, 0.29) is 11.9 Å². The molecule has 1 aliphatic heterocycles. The second-order valence-corrected chi connectivity index (χ2v) is 7.49. The van der Waals surface area contributed by atoms with Crippen molar-refractivity contribution in [1.82, 2.24) is 0 Å². The van der Waals surface area contributed by atoms with Crippen LogP contribution in [0, 0.1) is 6.92 Å². The first kappa shape index (κ1) is 13.3. The number of halogens is 2. The van der Waals surface area contributed by atoms with Crippen LogP contribution in [0.2, 0.25) is 0 Å². The van der Waals surface area contributed by atoms with E-state index in [2.05, 4.69) is 31.9 Å². The van der Waals surface area contributed by atoms with Crippen molar-refractivity contribution in [3.05, 3.63) is 48.5 Å². The van der Waals surface area contributed by atoms with E-state index < -0.39 is 0 Å². The van der Waals surface area contributed by atoms with E-state index >= 15 is 0 Å². The molecule has 2 aromatic rings. The van der Waals surface area contributed by atoms with Gasteiger partial charge in [0, 0.05) is 18.7 Å². The fraction of sp³-hybridized carbons (Fsp3) is 0.214. The molecule has 2 nitrogen and oxygen atoms in total. The molecule has 0 amide bonds. The van der Waals surface area contributed by atoms with Crippen molar-refractivity contribution >= 4 is 49.0 Å². The molecular weight excluding hydrogens is 392 g/mol. The number of hydrogen-bond donors (Lipinski definition) is 0. The molecule has 1 aromatic heterocycles. The average molecular weight is 402 g/mol. The van der Waals surface area contributed by atoms with Gasteiger partial charge in [0.2, 0.25) is 0 Å². The summed E-state index contributed by atoms with van der Waals surface area (Å²) in [6.07, 6.45) is 0.227. The van der Waals surface area contributed by atoms with Crippen LogP contribution >= 0.6 is 43.2 Å². The molecule has 0 spiro atoms. The van der Waals surface area contributed by atoms with E-state index in [1.54, 1.807) is 11.3 Å². The van der Waals surface area contributed by atoms with Gasteiger partial charge in [-0.25, -0.2) is 0 Å². The Morgan fingerprint density at radius 3 is 2.79 bits per heavy atom. The Hall–Kier alpha value is -0.650. The number of aryl methyl sites for hydroxylation is 1. The molecule has 98 valence electrons. The zero-order valence-electron chi connectivity index (χ0n) is 10.1. The maximum atomic E-state index is 12.2. The molecule has 0 N–H and O–H groups in total. The van der Waals surface area contributed by atoms with Crippen LogP contribution in [-0.4, -0.2) is 5.78 Å². The van der Waals surface area contributed by atoms with E-state index in [0.29, 0.717) is 17.7 Å². The zero-order valence-corrected chi connectivity index (χ0v) is 14.1. The van der Waals surface area contributed by atoms with Crippen LogP contribution in [0.3, 0.4) is 0 Å². The summed E-state index contributed by atoms with van der Waals surface area (Å²) in [5.74, 6) is 0.804. The number of carbonyl (C=O) groups excluding carboxylic acids is 1. The van der Waals surface area contributed by atoms with Gasteiger partial charge in [-0.15, -0.1) is 11.3 Å². The van der Waals surface area contributed by atoms with Crippen molar-refractivity contribution in [3.8, 4) is 5.75 Å². The second-order valence-electron chi connectivity index (χ2n) is 4.43. The summed E-state index contributed by atoms with van der Waals surface area (Å²) in [5.41, 5.74) is 0.673. The molecule has 19 heavy (non-hydrogen) atoms. The summed E-state index contributed by atoms with van der Waals surface area (Å²) in [4.78, 5) is 14.5. The average Bonchev–Trinajstić information content (AvgIpc) is 2.69. The second kappa shape index (κ2) is 5.04. The van der Waals surface area contributed by atoms with Crippen LogP contribution in [0.1, 0.15) is 32.6 Å². The first-order chi connectivity index (χ1) is 9.04. The summed E-state index contributed by atoms with van der Waals surface area (Å²) in [6, 6.07) is 7.58. The zero-order chi connectivity index (χ0) is 13.6. The summed E-state index contributed by atoms with van der Waals surface area (Å²) < 4.78 is 7.97. The molecule has 1 unspecified atom stereocenters. The number of fused-ring (bicyclic) bond motifs is 1. The van der Waals surface area contributed by atoms with Gasteiger partial charge in [-0.3, -0.25) is 4.79 Å². The van der Waals surface area contributed by atoms with Crippen molar-refractivity contribution in [2.24, 2.45) is 0 Å². The molecule has 1 aromatic carbocycles. The molecular formula is C14H10Br2O2S. The predicted molar refractivity (Wildman–Crippen MR) is 83.2 cm³/mol. The lowest BCUT2D eigenvalue weighted by atomic mass is 10.00. The summed E-state index contributed by atoms with van der Waals surface area (Å²) in [5, 5.41) is 0. The Morgan fingerprint density at radius 2 is 2.11 bits per heavy atom. The maximum Gasteiger partial charge on any atom is 0.170 e. The number of ether oxygens (including phenoxy) is 1. The van der Waals surface area contributed by atoms with Crippen molar-refractivity contribution in [3.63, 3.8) is 0 Å². The van der Waals surface area contributed by atoms with Crippen LogP contribution in [0.5, 0.6) is 5.75 Å². The Labute approximate surface area is 132 Å². The van der Waals surface area contributed by atoms with Crippen LogP contribution in [0.25, 0.3) is 0 Å². The standard InChI is InChI=1S/C14H10Br2O2S/c1-7-10(16)5-14(19-7)13-6-11(17)9-3-2-8(15)4-12(9)18-13/h2-5,13H,6H2,1H3. The van der Waals surface area contributed by atoms with Crippen LogP contribution in [0.4, 0.5) is 0 Å². The number of Topliss-reactive ketones (excluding diaryl/α,β-unsaturated/α-hetero) is 1. The molecule has 0 saturated carbocycles. The number of ketones is 1. The third-order valence-corrected chi connectivity index (χ3v) is 5.80. The third-order valence-electron chi connectivity index (χ3n) is 3.08. The first-order valence-electron chi connectivity index (χ1n) is 5.80. The van der Waals surface area contributed by atoms with E-state index in [0.717, 1.165) is 13.8 Å². The Kier molecular flexibility index (Phi) is 3.53. The minimum Gasteiger partial charge on any atom is -0.484 e. The highest BCUT2D eigenvalue weighted by Gasteiger charge is 2.29. The smallest absolute Gasteiger partial charge is 0.170 e. The normalized spacial score (nSPS) is 18.1. The monoisotopic (exact) mass is 400 g/mol. The van der Waals surface area contributed by atoms with Gasteiger partial charge in [-0.05, 0) is 47.1 Å². The predicted octanol–water partition coefficient (Wildman–Crippen LogP) is 5.29. The third kappa shape index (κ3) is 2.51. The van der Waals surface area contributed by atoms with Gasteiger partial charge in [0.1, 0.15) is 11.9 Å². The largest absolute Gasteiger partial charge is 0.484 e. The summed E-state index contributed by atoms with van der Waals surface area (Å²) >= 11 is 8.58. The highest BCUT2D eigenvalue weighted by Crippen LogP contribution is 2.40. The van der Waals surface area contributed by atoms with Gasteiger partial charge in [0.25, 0.3) is 0 Å². The number of hydrogen-bond acceptors (Lipinski definition) is 3. The molecule has 3 rings (SSSR count). The fourth-order valence-electron chi connectivity index (χ4n) is 2.10. The Morgan fingerprint density at radius 1 is 1.32 bits per heavy atom. The fourth-order valence-corrected chi connectivity index (χ4v) is 4.03. The maximum absolute atomic E-state index is 12.2. The molecule has 0 saturated heterocycles. The highest BCUT2D eigenvalue weighted by molar-refractivity contribution is 9.10. The number of carbonyl (C=O) groups is 1. The molecule has 0 bridgehead atoms. The van der Waals surface area contributed by atoms with Crippen molar-refractivity contribution in [2.45, 2.75) is 19.4 Å². The molecule has 1 aliphatic rings. The van der Waals surface area contributed by atoms with E-state index in [9.17, 15) is 4.79 Å². The Bertz CT molecular complexity index is 644. The van der Waals surface area contributed by atoms with E-state index in [4.69, 9.17) is 4.74 Å². The molecule has 1 atom stereocenters. The lowest BCUT2D eigenvalue weighted by Crippen LogP contribution is -2.19. The van der Waals surface area contributed by atoms with Gasteiger partial charge in [0.15, 0.2) is 5.78 Å². The van der Waals surface area contributed by atoms with Gasteiger partial charge in [-0.2, -0.15) is 0 Å². The van der Waals surface area contributed by atoms with Crippen LogP contribution in [-0.2, 0) is 0 Å². The number of thiophene rings is 1. The summed E-state index contributed by atoms with van der Waals surface area (Å²) in [6.45, 7) is 2.05.